The Kier molecular flexibility index (Phi) is 4.03. The molecule has 1 aromatic rings. The number of hydrogen-bond donors (Lipinski definition) is 1. The summed E-state index contributed by atoms with van der Waals surface area (Å²) >= 11 is 0. The highest BCUT2D eigenvalue weighted by Gasteiger charge is 2.33. The van der Waals surface area contributed by atoms with Gasteiger partial charge in [0.2, 0.25) is 10.0 Å². The van der Waals surface area contributed by atoms with Crippen LogP contribution in [0.25, 0.3) is 0 Å². The maximum absolute atomic E-state index is 13.8. The van der Waals surface area contributed by atoms with Crippen molar-refractivity contribution in [2.24, 2.45) is 11.1 Å². The number of primary sulfonamides is 1. The molecule has 0 spiro atoms. The number of hydrogen-bond acceptors (Lipinski definition) is 3. The van der Waals surface area contributed by atoms with Crippen molar-refractivity contribution in [3.63, 3.8) is 0 Å². The summed E-state index contributed by atoms with van der Waals surface area (Å²) in [6.07, 6.45) is 0.755. The molecule has 1 heterocycles. The van der Waals surface area contributed by atoms with Gasteiger partial charge >= 0.3 is 0 Å². The number of benzene rings is 1. The van der Waals surface area contributed by atoms with E-state index in [1.54, 1.807) is 6.92 Å². The third-order valence-corrected chi connectivity index (χ3v) is 4.50. The van der Waals surface area contributed by atoms with Crippen LogP contribution < -0.4 is 5.14 Å². The van der Waals surface area contributed by atoms with Gasteiger partial charge in [0.25, 0.3) is 5.91 Å². The van der Waals surface area contributed by atoms with E-state index in [4.69, 9.17) is 5.14 Å². The van der Waals surface area contributed by atoms with Crippen molar-refractivity contribution in [1.29, 1.82) is 0 Å². The van der Waals surface area contributed by atoms with Gasteiger partial charge in [-0.05, 0) is 31.4 Å². The highest BCUT2D eigenvalue weighted by atomic mass is 32.2. The van der Waals surface area contributed by atoms with Gasteiger partial charge in [0.15, 0.2) is 11.6 Å². The lowest BCUT2D eigenvalue weighted by Gasteiger charge is -2.22. The van der Waals surface area contributed by atoms with Crippen LogP contribution in [0.15, 0.2) is 17.0 Å². The summed E-state index contributed by atoms with van der Waals surface area (Å²) in [5, 5.41) is 4.91. The molecule has 2 atom stereocenters. The van der Waals surface area contributed by atoms with Crippen LogP contribution in [-0.4, -0.2) is 31.8 Å². The minimum atomic E-state index is -4.22. The summed E-state index contributed by atoms with van der Waals surface area (Å²) in [6.45, 7) is 4.17. The van der Waals surface area contributed by atoms with E-state index in [0.717, 1.165) is 12.5 Å². The number of nitrogens with two attached hydrogens (primary N) is 1. The Morgan fingerprint density at radius 2 is 1.95 bits per heavy atom. The second-order valence-electron chi connectivity index (χ2n) is 5.46. The van der Waals surface area contributed by atoms with Crippen LogP contribution in [0.5, 0.6) is 0 Å². The Balaban J connectivity index is 2.48. The first-order chi connectivity index (χ1) is 9.61. The molecule has 0 aliphatic carbocycles. The topological polar surface area (TPSA) is 80.5 Å². The smallest absolute Gasteiger partial charge is 0.257 e. The van der Waals surface area contributed by atoms with Crippen molar-refractivity contribution in [2.75, 3.05) is 6.54 Å². The quantitative estimate of drug-likeness (QED) is 0.897. The molecule has 2 N–H and O–H groups in total. The average Bonchev–Trinajstić information content (AvgIpc) is 2.69. The van der Waals surface area contributed by atoms with Gasteiger partial charge in [0.1, 0.15) is 0 Å². The predicted octanol–water partition coefficient (Wildman–Crippen LogP) is 1.48. The van der Waals surface area contributed by atoms with Gasteiger partial charge in [0.05, 0.1) is 10.5 Å². The van der Waals surface area contributed by atoms with Crippen LogP contribution in [0.3, 0.4) is 0 Å². The minimum Gasteiger partial charge on any atom is -0.336 e. The van der Waals surface area contributed by atoms with Gasteiger partial charge in [-0.2, -0.15) is 0 Å². The third kappa shape index (κ3) is 3.06. The molecule has 8 heteroatoms. The zero-order chi connectivity index (χ0) is 15.9. The van der Waals surface area contributed by atoms with Crippen LogP contribution in [0.2, 0.25) is 0 Å². The van der Waals surface area contributed by atoms with E-state index >= 15 is 0 Å². The number of carbonyl (C=O) groups is 1. The summed E-state index contributed by atoms with van der Waals surface area (Å²) in [5.41, 5.74) is -0.611. The Hall–Kier alpha value is -1.54. The molecule has 2 unspecified atom stereocenters. The van der Waals surface area contributed by atoms with Crippen molar-refractivity contribution < 1.29 is 22.0 Å². The third-order valence-electron chi connectivity index (χ3n) is 3.61. The summed E-state index contributed by atoms with van der Waals surface area (Å²) in [6, 6.07) is 1.14. The first-order valence-corrected chi connectivity index (χ1v) is 7.98. The largest absolute Gasteiger partial charge is 0.336 e. The standard InChI is InChI=1S/C13H16F2N2O3S/c1-7-3-8(2)17(6-7)13(18)10-4-9(21(16,19)20)5-11(14)12(10)15/h4-5,7-8H,3,6H2,1-2H3,(H2,16,19,20). The normalized spacial score (nSPS) is 22.6. The molecule has 1 saturated heterocycles. The van der Waals surface area contributed by atoms with Crippen molar-refractivity contribution >= 4 is 15.9 Å². The number of amides is 1. The molecular formula is C13H16F2N2O3S. The van der Waals surface area contributed by atoms with E-state index in [1.165, 1.54) is 4.90 Å². The van der Waals surface area contributed by atoms with Crippen molar-refractivity contribution in [3.8, 4) is 0 Å². The number of likely N-dealkylation sites (tertiary alicyclic amines) is 1. The monoisotopic (exact) mass is 318 g/mol. The van der Waals surface area contributed by atoms with Crippen LogP contribution in [-0.2, 0) is 10.0 Å². The van der Waals surface area contributed by atoms with Crippen LogP contribution in [0.4, 0.5) is 8.78 Å². The fourth-order valence-electron chi connectivity index (χ4n) is 2.62. The number of rotatable bonds is 2. The average molecular weight is 318 g/mol. The van der Waals surface area contributed by atoms with Gasteiger partial charge in [-0.15, -0.1) is 0 Å². The molecule has 21 heavy (non-hydrogen) atoms. The molecule has 0 radical (unpaired) electrons. The molecule has 1 aliphatic rings. The van der Waals surface area contributed by atoms with E-state index in [-0.39, 0.29) is 12.0 Å². The maximum atomic E-state index is 13.8. The van der Waals surface area contributed by atoms with E-state index < -0.39 is 38.0 Å². The van der Waals surface area contributed by atoms with Crippen LogP contribution >= 0.6 is 0 Å². The summed E-state index contributed by atoms with van der Waals surface area (Å²) in [7, 11) is -4.22. The Morgan fingerprint density at radius 1 is 1.33 bits per heavy atom. The lowest BCUT2D eigenvalue weighted by atomic mass is 10.1. The molecule has 0 bridgehead atoms. The summed E-state index contributed by atoms with van der Waals surface area (Å²) in [5.74, 6) is -3.25. The lowest BCUT2D eigenvalue weighted by Crippen LogP contribution is -2.35. The maximum Gasteiger partial charge on any atom is 0.257 e. The number of carbonyl (C=O) groups excluding carboxylic acids is 1. The van der Waals surface area contributed by atoms with Gasteiger partial charge < -0.3 is 4.90 Å². The van der Waals surface area contributed by atoms with Crippen molar-refractivity contribution in [1.82, 2.24) is 4.90 Å². The highest BCUT2D eigenvalue weighted by molar-refractivity contribution is 7.89. The Labute approximate surface area is 121 Å². The van der Waals surface area contributed by atoms with Crippen LogP contribution in [0.1, 0.15) is 30.6 Å². The Morgan fingerprint density at radius 3 is 2.43 bits per heavy atom. The molecule has 0 saturated carbocycles. The lowest BCUT2D eigenvalue weighted by molar-refractivity contribution is 0.0737. The van der Waals surface area contributed by atoms with Gasteiger partial charge in [0, 0.05) is 12.6 Å². The fraction of sp³-hybridized carbons (Fsp3) is 0.462. The number of nitrogens with zero attached hydrogens (tertiary/aromatic N) is 1. The highest BCUT2D eigenvalue weighted by Crippen LogP contribution is 2.26. The summed E-state index contributed by atoms with van der Waals surface area (Å²) in [4.78, 5) is 13.1. The molecule has 1 amide bonds. The second kappa shape index (κ2) is 5.34. The molecule has 2 rings (SSSR count). The Bertz CT molecular complexity index is 691. The molecule has 116 valence electrons. The molecule has 5 nitrogen and oxygen atoms in total. The van der Waals surface area contributed by atoms with Crippen molar-refractivity contribution in [3.05, 3.63) is 29.3 Å². The van der Waals surface area contributed by atoms with E-state index in [0.29, 0.717) is 12.6 Å². The van der Waals surface area contributed by atoms with Crippen molar-refractivity contribution in [2.45, 2.75) is 31.2 Å². The van der Waals surface area contributed by atoms with Crippen LogP contribution in [0, 0.1) is 17.6 Å². The van der Waals surface area contributed by atoms with E-state index in [9.17, 15) is 22.0 Å². The molecule has 1 aromatic carbocycles. The fourth-order valence-corrected chi connectivity index (χ4v) is 3.17. The van der Waals surface area contributed by atoms with E-state index in [2.05, 4.69) is 0 Å². The van der Waals surface area contributed by atoms with Gasteiger partial charge in [-0.3, -0.25) is 4.79 Å². The zero-order valence-corrected chi connectivity index (χ0v) is 12.5. The molecule has 0 aromatic heterocycles. The molecule has 1 aliphatic heterocycles. The zero-order valence-electron chi connectivity index (χ0n) is 11.6. The SMILES string of the molecule is CC1CC(C)N(C(=O)c2cc(S(N)(=O)=O)cc(F)c2F)C1. The van der Waals surface area contributed by atoms with Gasteiger partial charge in [-0.1, -0.05) is 6.92 Å². The minimum absolute atomic E-state index is 0.117. The molecular weight excluding hydrogens is 302 g/mol. The predicted molar refractivity (Wildman–Crippen MR) is 72.0 cm³/mol. The van der Waals surface area contributed by atoms with Gasteiger partial charge in [-0.25, -0.2) is 22.3 Å². The van der Waals surface area contributed by atoms with E-state index in [1.807, 2.05) is 6.92 Å². The second-order valence-corrected chi connectivity index (χ2v) is 7.02. The first-order valence-electron chi connectivity index (χ1n) is 6.44. The molecule has 1 fully saturated rings. The number of sulfonamides is 1. The number of halogens is 2. The first kappa shape index (κ1) is 15.8. The summed E-state index contributed by atoms with van der Waals surface area (Å²) < 4.78 is 49.9.